The lowest BCUT2D eigenvalue weighted by Gasteiger charge is -2.22. The predicted molar refractivity (Wildman–Crippen MR) is 103 cm³/mol. The van der Waals surface area contributed by atoms with Gasteiger partial charge in [-0.05, 0) is 36.5 Å². The first-order valence-electron chi connectivity index (χ1n) is 8.84. The van der Waals surface area contributed by atoms with Gasteiger partial charge in [-0.1, -0.05) is 26.0 Å². The topological polar surface area (TPSA) is 160 Å². The lowest BCUT2D eigenvalue weighted by atomic mass is 10.0. The number of nitrogens with one attached hydrogen (secondary N) is 3. The van der Waals surface area contributed by atoms with E-state index < -0.39 is 29.9 Å². The number of carbonyl (C=O) groups excluding carboxylic acids is 3. The Hall–Kier alpha value is -2.65. The van der Waals surface area contributed by atoms with Crippen LogP contribution in [0.3, 0.4) is 0 Å². The summed E-state index contributed by atoms with van der Waals surface area (Å²) in [4.78, 5) is 35.6. The van der Waals surface area contributed by atoms with Crippen LogP contribution in [0.4, 0.5) is 10.5 Å². The van der Waals surface area contributed by atoms with E-state index in [1.165, 1.54) is 0 Å². The lowest BCUT2D eigenvalue weighted by molar-refractivity contribution is -0.128. The monoisotopic (exact) mass is 379 g/mol. The van der Waals surface area contributed by atoms with Crippen molar-refractivity contribution in [3.63, 3.8) is 0 Å². The molecule has 1 unspecified atom stereocenters. The minimum atomic E-state index is -0.811. The van der Waals surface area contributed by atoms with Gasteiger partial charge in [-0.15, -0.1) is 0 Å². The number of anilines is 1. The van der Waals surface area contributed by atoms with Crippen molar-refractivity contribution in [1.29, 1.82) is 0 Å². The third-order valence-corrected chi connectivity index (χ3v) is 4.03. The smallest absolute Gasteiger partial charge is 0.312 e. The molecule has 2 atom stereocenters. The molecular weight excluding hydrogens is 350 g/mol. The molecule has 8 N–H and O–H groups in total. The van der Waals surface area contributed by atoms with Crippen molar-refractivity contribution in [2.75, 3.05) is 11.9 Å². The van der Waals surface area contributed by atoms with Crippen LogP contribution in [0.25, 0.3) is 0 Å². The van der Waals surface area contributed by atoms with Crippen molar-refractivity contribution in [2.24, 2.45) is 17.4 Å². The molecule has 0 radical (unpaired) electrons. The maximum absolute atomic E-state index is 12.6. The van der Waals surface area contributed by atoms with Crippen molar-refractivity contribution in [2.45, 2.75) is 45.4 Å². The van der Waals surface area contributed by atoms with Gasteiger partial charge in [-0.3, -0.25) is 9.59 Å². The zero-order valence-electron chi connectivity index (χ0n) is 15.7. The minimum Gasteiger partial charge on any atom is -0.392 e. The fourth-order valence-electron chi connectivity index (χ4n) is 2.28. The van der Waals surface area contributed by atoms with Gasteiger partial charge in [0.05, 0.1) is 12.6 Å². The van der Waals surface area contributed by atoms with Crippen molar-refractivity contribution in [1.82, 2.24) is 10.6 Å². The number of rotatable bonds is 10. The number of hydrogen-bond acceptors (Lipinski definition) is 5. The van der Waals surface area contributed by atoms with E-state index >= 15 is 0 Å². The molecule has 0 aliphatic heterocycles. The second kappa shape index (κ2) is 11.1. The molecule has 9 nitrogen and oxygen atoms in total. The summed E-state index contributed by atoms with van der Waals surface area (Å²) in [6.45, 7) is 3.83. The van der Waals surface area contributed by atoms with E-state index in [-0.39, 0.29) is 19.1 Å². The summed E-state index contributed by atoms with van der Waals surface area (Å²) < 4.78 is 0. The average molecular weight is 379 g/mol. The van der Waals surface area contributed by atoms with Gasteiger partial charge < -0.3 is 32.5 Å². The van der Waals surface area contributed by atoms with Crippen LogP contribution in [-0.2, 0) is 16.2 Å². The summed E-state index contributed by atoms with van der Waals surface area (Å²) in [5, 5.41) is 16.9. The van der Waals surface area contributed by atoms with Crippen LogP contribution in [0.15, 0.2) is 24.3 Å². The first kappa shape index (κ1) is 22.4. The largest absolute Gasteiger partial charge is 0.392 e. The molecule has 0 spiro atoms. The molecule has 0 bridgehead atoms. The van der Waals surface area contributed by atoms with Crippen LogP contribution in [0, 0.1) is 5.92 Å². The molecule has 0 fully saturated rings. The van der Waals surface area contributed by atoms with Crippen LogP contribution >= 0.6 is 0 Å². The van der Waals surface area contributed by atoms with Crippen molar-refractivity contribution in [3.05, 3.63) is 29.8 Å². The number of urea groups is 1. The fraction of sp³-hybridized carbons (Fsp3) is 0.500. The van der Waals surface area contributed by atoms with Gasteiger partial charge in [0.2, 0.25) is 11.8 Å². The number of aliphatic hydroxyl groups excluding tert-OH is 1. The zero-order chi connectivity index (χ0) is 20.4. The summed E-state index contributed by atoms with van der Waals surface area (Å²) in [6.07, 6.45) is 0.749. The fourth-order valence-corrected chi connectivity index (χ4v) is 2.28. The number of benzene rings is 1. The Morgan fingerprint density at radius 3 is 2.26 bits per heavy atom. The molecule has 1 aromatic carbocycles. The highest BCUT2D eigenvalue weighted by Crippen LogP contribution is 2.11. The summed E-state index contributed by atoms with van der Waals surface area (Å²) in [7, 11) is 0. The molecule has 150 valence electrons. The molecule has 27 heavy (non-hydrogen) atoms. The van der Waals surface area contributed by atoms with Gasteiger partial charge in [-0.25, -0.2) is 4.79 Å². The highest BCUT2D eigenvalue weighted by Gasteiger charge is 2.25. The second-order valence-corrected chi connectivity index (χ2v) is 6.61. The number of aliphatic hydroxyl groups is 1. The van der Waals surface area contributed by atoms with Gasteiger partial charge in [0.1, 0.15) is 6.04 Å². The maximum Gasteiger partial charge on any atom is 0.312 e. The minimum absolute atomic E-state index is 0.0729. The van der Waals surface area contributed by atoms with Crippen LogP contribution in [0.5, 0.6) is 0 Å². The summed E-state index contributed by atoms with van der Waals surface area (Å²) in [5.41, 5.74) is 12.1. The molecule has 0 saturated carbocycles. The van der Waals surface area contributed by atoms with Gasteiger partial charge in [0.15, 0.2) is 0 Å². The molecule has 0 aliphatic carbocycles. The van der Waals surface area contributed by atoms with Crippen LogP contribution < -0.4 is 27.4 Å². The lowest BCUT2D eigenvalue weighted by Crippen LogP contribution is -2.51. The van der Waals surface area contributed by atoms with E-state index in [4.69, 9.17) is 16.6 Å². The van der Waals surface area contributed by atoms with E-state index in [0.29, 0.717) is 18.5 Å². The van der Waals surface area contributed by atoms with Gasteiger partial charge in [0.25, 0.3) is 0 Å². The number of primary amides is 1. The molecular formula is C18H29N5O4. The highest BCUT2D eigenvalue weighted by molar-refractivity contribution is 5.97. The summed E-state index contributed by atoms with van der Waals surface area (Å²) in [5.74, 6) is -0.880. The third kappa shape index (κ3) is 8.06. The summed E-state index contributed by atoms with van der Waals surface area (Å²) >= 11 is 0. The quantitative estimate of drug-likeness (QED) is 0.316. The first-order valence-corrected chi connectivity index (χ1v) is 8.84. The van der Waals surface area contributed by atoms with Gasteiger partial charge >= 0.3 is 6.03 Å². The normalized spacial score (nSPS) is 12.9. The van der Waals surface area contributed by atoms with Gasteiger partial charge in [0, 0.05) is 12.2 Å². The van der Waals surface area contributed by atoms with Gasteiger partial charge in [-0.2, -0.15) is 0 Å². The number of hydrogen-bond donors (Lipinski definition) is 6. The molecule has 0 aromatic heterocycles. The first-order chi connectivity index (χ1) is 12.7. The number of carbonyl (C=O) groups is 3. The maximum atomic E-state index is 12.6. The molecule has 9 heteroatoms. The van der Waals surface area contributed by atoms with Crippen molar-refractivity contribution in [3.8, 4) is 0 Å². The van der Waals surface area contributed by atoms with E-state index in [1.807, 2.05) is 13.8 Å². The molecule has 4 amide bonds. The molecule has 0 heterocycles. The molecule has 0 aliphatic rings. The van der Waals surface area contributed by atoms with E-state index in [2.05, 4.69) is 16.0 Å². The van der Waals surface area contributed by atoms with E-state index in [0.717, 1.165) is 5.56 Å². The number of nitrogens with two attached hydrogens (primary N) is 2. The van der Waals surface area contributed by atoms with Crippen LogP contribution in [0.2, 0.25) is 0 Å². The van der Waals surface area contributed by atoms with E-state index in [1.54, 1.807) is 24.3 Å². The Kier molecular flexibility index (Phi) is 9.24. The standard InChI is InChI=1S/C18H29N5O4/c1-11(2)15(19)17(26)23-14(4-3-9-21-18(20)27)16(25)22-13-7-5-12(10-24)6-8-13/h5-8,11,14-15,24H,3-4,9-10,19H2,1-2H3,(H,22,25)(H,23,26)(H3,20,21,27)/t14-,15?/m1/s1. The number of amides is 4. The Morgan fingerprint density at radius 2 is 1.74 bits per heavy atom. The zero-order valence-corrected chi connectivity index (χ0v) is 15.7. The predicted octanol–water partition coefficient (Wildman–Crippen LogP) is 0.0340. The molecule has 1 aromatic rings. The molecule has 0 saturated heterocycles. The Balaban J connectivity index is 2.75. The summed E-state index contributed by atoms with van der Waals surface area (Å²) in [6, 6.07) is 4.52. The van der Waals surface area contributed by atoms with Crippen LogP contribution in [0.1, 0.15) is 32.3 Å². The Morgan fingerprint density at radius 1 is 1.11 bits per heavy atom. The SMILES string of the molecule is CC(C)C(N)C(=O)N[C@H](CCCNC(N)=O)C(=O)Nc1ccc(CO)cc1. The average Bonchev–Trinajstić information content (AvgIpc) is 2.63. The van der Waals surface area contributed by atoms with Crippen molar-refractivity contribution >= 4 is 23.5 Å². The Bertz CT molecular complexity index is 633. The van der Waals surface area contributed by atoms with E-state index in [9.17, 15) is 14.4 Å². The highest BCUT2D eigenvalue weighted by atomic mass is 16.3. The third-order valence-electron chi connectivity index (χ3n) is 4.03. The molecule has 1 rings (SSSR count). The van der Waals surface area contributed by atoms with Crippen molar-refractivity contribution < 1.29 is 19.5 Å². The van der Waals surface area contributed by atoms with Crippen LogP contribution in [-0.4, -0.2) is 41.6 Å². The Labute approximate surface area is 158 Å². The second-order valence-electron chi connectivity index (χ2n) is 6.61.